The molecule has 0 spiro atoms. The van der Waals surface area contributed by atoms with Gasteiger partial charge in [0.2, 0.25) is 5.56 Å². The number of amides is 1. The van der Waals surface area contributed by atoms with Crippen LogP contribution in [0.4, 0.5) is 8.78 Å². The Morgan fingerprint density at radius 1 is 1.05 bits per heavy atom. The topological polar surface area (TPSA) is 96.8 Å². The molecule has 5 rings (SSSR count). The Balaban J connectivity index is 1.47. The molecule has 5 aromatic rings. The number of hydrogen-bond acceptors (Lipinski definition) is 4. The number of rotatable bonds is 6. The Hall–Kier alpha value is -4.63. The lowest BCUT2D eigenvalue weighted by molar-refractivity contribution is 0.0952. The maximum absolute atomic E-state index is 14.7. The van der Waals surface area contributed by atoms with Gasteiger partial charge >= 0.3 is 0 Å². The lowest BCUT2D eigenvalue weighted by atomic mass is 9.97. The molecule has 1 unspecified atom stereocenters. The smallest absolute Gasteiger partial charge is 0.259 e. The normalized spacial score (nSPS) is 11.9. The summed E-state index contributed by atoms with van der Waals surface area (Å²) in [5.74, 6) is -2.43. The average Bonchev–Trinajstić information content (AvgIpc) is 2.92. The summed E-state index contributed by atoms with van der Waals surface area (Å²) in [5, 5.41) is 3.08. The highest BCUT2D eigenvalue weighted by molar-refractivity contribution is 6.34. The Labute approximate surface area is 232 Å². The molecule has 2 aromatic heterocycles. The van der Waals surface area contributed by atoms with E-state index in [0.717, 1.165) is 5.56 Å². The molecule has 0 bridgehead atoms. The summed E-state index contributed by atoms with van der Waals surface area (Å²) in [6, 6.07) is 16.4. The molecule has 0 aliphatic carbocycles. The molecule has 0 aliphatic heterocycles. The van der Waals surface area contributed by atoms with E-state index in [-0.39, 0.29) is 39.4 Å². The fraction of sp³-hybridized carbons (Fsp3) is 0.133. The van der Waals surface area contributed by atoms with Crippen LogP contribution in [0.1, 0.15) is 33.2 Å². The molecule has 202 valence electrons. The van der Waals surface area contributed by atoms with Gasteiger partial charge in [0.25, 0.3) is 11.5 Å². The molecule has 7 nitrogen and oxygen atoms in total. The van der Waals surface area contributed by atoms with Gasteiger partial charge in [0.15, 0.2) is 0 Å². The highest BCUT2D eigenvalue weighted by Gasteiger charge is 2.22. The second kappa shape index (κ2) is 10.9. The SMILES string of the molecule is Cc1ccc(F)c2nc(C(CNC(=O)c3ccc(-c4ccc(=O)n(C)c4)cc3Cl)c3cccc(F)c3)[nH]c(=O)c12. The van der Waals surface area contributed by atoms with Gasteiger partial charge in [0, 0.05) is 25.9 Å². The van der Waals surface area contributed by atoms with Crippen LogP contribution in [0.3, 0.4) is 0 Å². The highest BCUT2D eigenvalue weighted by atomic mass is 35.5. The maximum atomic E-state index is 14.7. The molecular formula is C30H23ClF2N4O3. The van der Waals surface area contributed by atoms with Gasteiger partial charge in [-0.2, -0.15) is 0 Å². The molecule has 40 heavy (non-hydrogen) atoms. The van der Waals surface area contributed by atoms with Crippen LogP contribution in [-0.2, 0) is 7.05 Å². The summed E-state index contributed by atoms with van der Waals surface area (Å²) in [7, 11) is 1.64. The van der Waals surface area contributed by atoms with E-state index < -0.39 is 29.0 Å². The highest BCUT2D eigenvalue weighted by Crippen LogP contribution is 2.27. The van der Waals surface area contributed by atoms with E-state index >= 15 is 0 Å². The summed E-state index contributed by atoms with van der Waals surface area (Å²) in [6.45, 7) is 1.58. The predicted octanol–water partition coefficient (Wildman–Crippen LogP) is 5.09. The Morgan fingerprint density at radius 2 is 1.82 bits per heavy atom. The molecular weight excluding hydrogens is 538 g/mol. The monoisotopic (exact) mass is 560 g/mol. The van der Waals surface area contributed by atoms with Crippen LogP contribution in [-0.4, -0.2) is 27.0 Å². The van der Waals surface area contributed by atoms with Crippen molar-refractivity contribution in [3.63, 3.8) is 0 Å². The van der Waals surface area contributed by atoms with Crippen molar-refractivity contribution in [2.24, 2.45) is 7.05 Å². The molecule has 0 aliphatic rings. The van der Waals surface area contributed by atoms with Gasteiger partial charge in [-0.05, 0) is 65.6 Å². The van der Waals surface area contributed by atoms with Crippen LogP contribution in [0.25, 0.3) is 22.0 Å². The molecule has 0 saturated heterocycles. The molecule has 1 amide bonds. The zero-order chi connectivity index (χ0) is 28.6. The third-order valence-corrected chi connectivity index (χ3v) is 7.03. The number of hydrogen-bond donors (Lipinski definition) is 2. The van der Waals surface area contributed by atoms with Crippen molar-refractivity contribution >= 4 is 28.4 Å². The van der Waals surface area contributed by atoms with E-state index in [1.807, 2.05) is 0 Å². The second-order valence-electron chi connectivity index (χ2n) is 9.42. The minimum absolute atomic E-state index is 0.0732. The molecule has 3 aromatic carbocycles. The van der Waals surface area contributed by atoms with E-state index in [1.165, 1.54) is 41.0 Å². The summed E-state index contributed by atoms with van der Waals surface area (Å²) < 4.78 is 30.3. The van der Waals surface area contributed by atoms with Gasteiger partial charge in [-0.3, -0.25) is 14.4 Å². The number of aromatic nitrogens is 3. The van der Waals surface area contributed by atoms with E-state index in [0.29, 0.717) is 16.7 Å². The number of benzene rings is 3. The minimum atomic E-state index is -0.805. The van der Waals surface area contributed by atoms with Gasteiger partial charge in [-0.25, -0.2) is 13.8 Å². The predicted molar refractivity (Wildman–Crippen MR) is 150 cm³/mol. The minimum Gasteiger partial charge on any atom is -0.351 e. The van der Waals surface area contributed by atoms with Crippen LogP contribution in [0.5, 0.6) is 0 Å². The van der Waals surface area contributed by atoms with Crippen LogP contribution in [0.15, 0.2) is 82.5 Å². The van der Waals surface area contributed by atoms with E-state index in [9.17, 15) is 23.2 Å². The fourth-order valence-electron chi connectivity index (χ4n) is 4.58. The standard InChI is InChI=1S/C30H23ClF2N4O3/c1-16-6-10-24(33)27-26(16)30(40)36-28(35-27)22(18-4-3-5-20(32)12-18)14-34-29(39)21-9-7-17(13-23(21)31)19-8-11-25(38)37(2)15-19/h3-13,15,22H,14H2,1-2H3,(H,34,39)(H,35,36,40). The Morgan fingerprint density at radius 3 is 2.55 bits per heavy atom. The summed E-state index contributed by atoms with van der Waals surface area (Å²) in [4.78, 5) is 44.8. The molecule has 1 atom stereocenters. The molecule has 2 N–H and O–H groups in total. The average molecular weight is 561 g/mol. The number of nitrogens with one attached hydrogen (secondary N) is 2. The molecule has 2 heterocycles. The van der Waals surface area contributed by atoms with Crippen molar-refractivity contribution in [3.8, 4) is 11.1 Å². The number of nitrogens with zero attached hydrogens (tertiary/aromatic N) is 2. The van der Waals surface area contributed by atoms with Gasteiger partial charge in [-0.1, -0.05) is 35.9 Å². The van der Waals surface area contributed by atoms with Crippen LogP contribution in [0, 0.1) is 18.6 Å². The number of H-pyrrole nitrogens is 1. The largest absolute Gasteiger partial charge is 0.351 e. The van der Waals surface area contributed by atoms with E-state index in [2.05, 4.69) is 15.3 Å². The second-order valence-corrected chi connectivity index (χ2v) is 9.83. The number of aromatic amines is 1. The summed E-state index contributed by atoms with van der Waals surface area (Å²) in [5.41, 5.74) is 1.83. The number of fused-ring (bicyclic) bond motifs is 1. The van der Waals surface area contributed by atoms with Crippen molar-refractivity contribution in [2.75, 3.05) is 6.54 Å². The van der Waals surface area contributed by atoms with Crippen LogP contribution in [0.2, 0.25) is 5.02 Å². The van der Waals surface area contributed by atoms with Crippen molar-refractivity contribution in [1.29, 1.82) is 0 Å². The zero-order valence-electron chi connectivity index (χ0n) is 21.5. The number of carbonyl (C=O) groups excluding carboxylic acids is 1. The van der Waals surface area contributed by atoms with Gasteiger partial charge in [0.05, 0.1) is 21.9 Å². The van der Waals surface area contributed by atoms with Crippen LogP contribution < -0.4 is 16.4 Å². The van der Waals surface area contributed by atoms with Crippen molar-refractivity contribution in [2.45, 2.75) is 12.8 Å². The van der Waals surface area contributed by atoms with Gasteiger partial charge in [0.1, 0.15) is 23.0 Å². The van der Waals surface area contributed by atoms with E-state index in [4.69, 9.17) is 11.6 Å². The first-order chi connectivity index (χ1) is 19.1. The number of halogens is 3. The number of pyridine rings is 1. The van der Waals surface area contributed by atoms with E-state index in [1.54, 1.807) is 50.5 Å². The third kappa shape index (κ3) is 5.28. The molecule has 10 heteroatoms. The first-order valence-electron chi connectivity index (χ1n) is 12.3. The zero-order valence-corrected chi connectivity index (χ0v) is 22.2. The Kier molecular flexibility index (Phi) is 7.32. The molecule has 0 radical (unpaired) electrons. The number of aryl methyl sites for hydroxylation is 2. The van der Waals surface area contributed by atoms with Crippen molar-refractivity contribution in [1.82, 2.24) is 19.9 Å². The third-order valence-electron chi connectivity index (χ3n) is 6.72. The molecule has 0 saturated carbocycles. The van der Waals surface area contributed by atoms with Gasteiger partial charge < -0.3 is 14.9 Å². The quantitative estimate of drug-likeness (QED) is 0.302. The molecule has 0 fully saturated rings. The first kappa shape index (κ1) is 27.0. The first-order valence-corrected chi connectivity index (χ1v) is 12.7. The number of carbonyl (C=O) groups is 1. The van der Waals surface area contributed by atoms with Gasteiger partial charge in [-0.15, -0.1) is 0 Å². The van der Waals surface area contributed by atoms with Crippen molar-refractivity contribution in [3.05, 3.63) is 133 Å². The Bertz CT molecular complexity index is 1900. The summed E-state index contributed by atoms with van der Waals surface area (Å²) in [6.07, 6.45) is 1.67. The fourth-order valence-corrected chi connectivity index (χ4v) is 4.85. The maximum Gasteiger partial charge on any atom is 0.259 e. The van der Waals surface area contributed by atoms with Crippen LogP contribution >= 0.6 is 11.6 Å². The van der Waals surface area contributed by atoms with Crippen molar-refractivity contribution < 1.29 is 13.6 Å². The summed E-state index contributed by atoms with van der Waals surface area (Å²) >= 11 is 6.45. The lowest BCUT2D eigenvalue weighted by Crippen LogP contribution is -2.31. The lowest BCUT2D eigenvalue weighted by Gasteiger charge is -2.19.